The van der Waals surface area contributed by atoms with Crippen molar-refractivity contribution in [1.29, 1.82) is 0 Å². The van der Waals surface area contributed by atoms with Crippen molar-refractivity contribution in [2.75, 3.05) is 39.5 Å². The Labute approximate surface area is 155 Å². The van der Waals surface area contributed by atoms with Gasteiger partial charge in [0.1, 0.15) is 0 Å². The Bertz CT molecular complexity index is 623. The van der Waals surface area contributed by atoms with Gasteiger partial charge < -0.3 is 14.7 Å². The van der Waals surface area contributed by atoms with Gasteiger partial charge in [-0.3, -0.25) is 9.69 Å². The fraction of sp³-hybridized carbons (Fsp3) is 0.667. The molecular formula is C21H30N2O3. The van der Waals surface area contributed by atoms with Gasteiger partial charge in [0.15, 0.2) is 0 Å². The first kappa shape index (κ1) is 18.0. The third kappa shape index (κ3) is 2.86. The molecule has 2 atom stereocenters. The lowest BCUT2D eigenvalue weighted by molar-refractivity contribution is -0.201. The Morgan fingerprint density at radius 1 is 1.23 bits per heavy atom. The highest BCUT2D eigenvalue weighted by Crippen LogP contribution is 2.54. The smallest absolute Gasteiger partial charge is 0.222 e. The molecular weight excluding hydrogens is 328 g/mol. The van der Waals surface area contributed by atoms with E-state index in [0.717, 1.165) is 45.7 Å². The lowest BCUT2D eigenvalue weighted by Crippen LogP contribution is -2.85. The van der Waals surface area contributed by atoms with Crippen LogP contribution in [0.2, 0.25) is 0 Å². The average Bonchev–Trinajstić information content (AvgIpc) is 2.65. The molecule has 1 amide bonds. The van der Waals surface area contributed by atoms with Gasteiger partial charge in [0.2, 0.25) is 5.91 Å². The lowest BCUT2D eigenvalue weighted by atomic mass is 9.60. The van der Waals surface area contributed by atoms with Gasteiger partial charge in [-0.25, -0.2) is 0 Å². The highest BCUT2D eigenvalue weighted by molar-refractivity contribution is 5.77. The number of aliphatic hydroxyl groups excluding tert-OH is 1. The summed E-state index contributed by atoms with van der Waals surface area (Å²) in [4.78, 5) is 16.7. The SMILES string of the molecule is CCC(=O)N1CC2(C1)[C@@H](c1ccccc1)[C@H](CO)N2CC1CCOCC1. The zero-order chi connectivity index (χ0) is 18.1. The first-order chi connectivity index (χ1) is 12.7. The van der Waals surface area contributed by atoms with Crippen LogP contribution in [-0.2, 0) is 9.53 Å². The minimum atomic E-state index is -0.00210. The molecule has 1 aromatic carbocycles. The highest BCUT2D eigenvalue weighted by Gasteiger charge is 2.66. The number of rotatable bonds is 5. The molecule has 3 heterocycles. The maximum atomic E-state index is 12.2. The summed E-state index contributed by atoms with van der Waals surface area (Å²) in [6.45, 7) is 6.38. The second-order valence-electron chi connectivity index (χ2n) is 8.05. The molecule has 1 aromatic rings. The molecule has 4 rings (SSSR count). The molecule has 0 saturated carbocycles. The zero-order valence-electron chi connectivity index (χ0n) is 15.6. The van der Waals surface area contributed by atoms with Crippen molar-refractivity contribution in [2.24, 2.45) is 5.92 Å². The van der Waals surface area contributed by atoms with Crippen LogP contribution in [0.5, 0.6) is 0 Å². The maximum absolute atomic E-state index is 12.2. The van der Waals surface area contributed by atoms with E-state index < -0.39 is 0 Å². The van der Waals surface area contributed by atoms with Gasteiger partial charge in [-0.2, -0.15) is 0 Å². The largest absolute Gasteiger partial charge is 0.395 e. The van der Waals surface area contributed by atoms with E-state index in [0.29, 0.717) is 18.3 Å². The summed E-state index contributed by atoms with van der Waals surface area (Å²) >= 11 is 0. The van der Waals surface area contributed by atoms with Crippen LogP contribution >= 0.6 is 0 Å². The minimum absolute atomic E-state index is 0.00210. The van der Waals surface area contributed by atoms with E-state index in [1.807, 2.05) is 17.9 Å². The Morgan fingerprint density at radius 3 is 2.54 bits per heavy atom. The summed E-state index contributed by atoms with van der Waals surface area (Å²) in [6.07, 6.45) is 2.76. The van der Waals surface area contributed by atoms with E-state index in [4.69, 9.17) is 4.74 Å². The number of amides is 1. The average molecular weight is 358 g/mol. The minimum Gasteiger partial charge on any atom is -0.395 e. The van der Waals surface area contributed by atoms with Gasteiger partial charge in [0.25, 0.3) is 0 Å². The standard InChI is InChI=1S/C21H30N2O3/c1-2-19(25)22-14-21(15-22)20(17-6-4-3-5-7-17)18(13-24)23(21)12-16-8-10-26-11-9-16/h3-7,16,18,20,24H,2,8-15H2,1H3/t18-,20-/m0/s1. The molecule has 0 unspecified atom stereocenters. The van der Waals surface area contributed by atoms with Gasteiger partial charge >= 0.3 is 0 Å². The number of aliphatic hydroxyl groups is 1. The summed E-state index contributed by atoms with van der Waals surface area (Å²) < 4.78 is 5.51. The summed E-state index contributed by atoms with van der Waals surface area (Å²) in [7, 11) is 0. The Morgan fingerprint density at radius 2 is 1.92 bits per heavy atom. The number of hydrogen-bond donors (Lipinski definition) is 1. The van der Waals surface area contributed by atoms with Gasteiger partial charge in [-0.1, -0.05) is 37.3 Å². The fourth-order valence-electron chi connectivity index (χ4n) is 5.28. The molecule has 1 N–H and O–H groups in total. The number of benzene rings is 1. The van der Waals surface area contributed by atoms with E-state index in [-0.39, 0.29) is 24.1 Å². The molecule has 0 radical (unpaired) electrons. The predicted molar refractivity (Wildman–Crippen MR) is 99.9 cm³/mol. The molecule has 3 aliphatic rings. The predicted octanol–water partition coefficient (Wildman–Crippen LogP) is 1.86. The van der Waals surface area contributed by atoms with E-state index in [2.05, 4.69) is 29.2 Å². The molecule has 5 heteroatoms. The quantitative estimate of drug-likeness (QED) is 0.873. The molecule has 3 fully saturated rings. The number of likely N-dealkylation sites (tertiary alicyclic amines) is 2. The van der Waals surface area contributed by atoms with Gasteiger partial charge in [0.05, 0.1) is 12.1 Å². The molecule has 3 saturated heterocycles. The molecule has 5 nitrogen and oxygen atoms in total. The highest BCUT2D eigenvalue weighted by atomic mass is 16.5. The van der Waals surface area contributed by atoms with Crippen LogP contribution in [0.15, 0.2) is 30.3 Å². The van der Waals surface area contributed by atoms with Crippen LogP contribution in [0, 0.1) is 5.92 Å². The number of hydrogen-bond acceptors (Lipinski definition) is 4. The molecule has 3 aliphatic heterocycles. The van der Waals surface area contributed by atoms with Gasteiger partial charge in [-0.05, 0) is 24.3 Å². The van der Waals surface area contributed by atoms with Crippen LogP contribution in [0.3, 0.4) is 0 Å². The summed E-state index contributed by atoms with van der Waals surface area (Å²) in [5, 5.41) is 10.1. The normalized spacial score (nSPS) is 28.6. The van der Waals surface area contributed by atoms with Crippen LogP contribution in [-0.4, -0.2) is 71.8 Å². The summed E-state index contributed by atoms with van der Waals surface area (Å²) in [5.41, 5.74) is 1.29. The van der Waals surface area contributed by atoms with Crippen molar-refractivity contribution in [3.63, 3.8) is 0 Å². The molecule has 0 bridgehead atoms. The van der Waals surface area contributed by atoms with Crippen LogP contribution < -0.4 is 0 Å². The first-order valence-corrected chi connectivity index (χ1v) is 9.97. The van der Waals surface area contributed by atoms with Gasteiger partial charge in [-0.15, -0.1) is 0 Å². The molecule has 1 spiro atoms. The summed E-state index contributed by atoms with van der Waals surface area (Å²) in [5.74, 6) is 1.16. The van der Waals surface area contributed by atoms with Crippen molar-refractivity contribution in [3.8, 4) is 0 Å². The van der Waals surface area contributed by atoms with Crippen molar-refractivity contribution in [3.05, 3.63) is 35.9 Å². The molecule has 142 valence electrons. The van der Waals surface area contributed by atoms with E-state index in [9.17, 15) is 9.90 Å². The molecule has 0 aliphatic carbocycles. The maximum Gasteiger partial charge on any atom is 0.222 e. The number of ether oxygens (including phenoxy) is 1. The van der Waals surface area contributed by atoms with E-state index >= 15 is 0 Å². The van der Waals surface area contributed by atoms with Crippen LogP contribution in [0.1, 0.15) is 37.7 Å². The van der Waals surface area contributed by atoms with Crippen molar-refractivity contribution >= 4 is 5.91 Å². The monoisotopic (exact) mass is 358 g/mol. The van der Waals surface area contributed by atoms with E-state index in [1.165, 1.54) is 5.56 Å². The van der Waals surface area contributed by atoms with Crippen molar-refractivity contribution < 1.29 is 14.6 Å². The lowest BCUT2D eigenvalue weighted by Gasteiger charge is -2.71. The number of carbonyl (C=O) groups is 1. The second kappa shape index (κ2) is 7.29. The third-order valence-corrected chi connectivity index (χ3v) is 6.66. The number of nitrogens with zero attached hydrogens (tertiary/aromatic N) is 2. The Balaban J connectivity index is 1.57. The van der Waals surface area contributed by atoms with Crippen molar-refractivity contribution in [1.82, 2.24) is 9.80 Å². The fourth-order valence-corrected chi connectivity index (χ4v) is 5.28. The first-order valence-electron chi connectivity index (χ1n) is 9.97. The van der Waals surface area contributed by atoms with Crippen LogP contribution in [0.4, 0.5) is 0 Å². The molecule has 26 heavy (non-hydrogen) atoms. The number of carbonyl (C=O) groups excluding carboxylic acids is 1. The zero-order valence-corrected chi connectivity index (χ0v) is 15.6. The van der Waals surface area contributed by atoms with Crippen molar-refractivity contribution in [2.45, 2.75) is 43.7 Å². The Hall–Kier alpha value is -1.43. The topological polar surface area (TPSA) is 53.0 Å². The van der Waals surface area contributed by atoms with Gasteiger partial charge in [0, 0.05) is 51.2 Å². The summed E-state index contributed by atoms with van der Waals surface area (Å²) in [6, 6.07) is 10.7. The Kier molecular flexibility index (Phi) is 5.04. The second-order valence-corrected chi connectivity index (χ2v) is 8.05. The third-order valence-electron chi connectivity index (χ3n) is 6.66. The molecule has 0 aromatic heterocycles. The van der Waals surface area contributed by atoms with E-state index in [1.54, 1.807) is 0 Å². The van der Waals surface area contributed by atoms with Crippen LogP contribution in [0.25, 0.3) is 0 Å².